The first-order chi connectivity index (χ1) is 12.6. The lowest BCUT2D eigenvalue weighted by Gasteiger charge is -2.14. The van der Waals surface area contributed by atoms with Gasteiger partial charge in [0, 0.05) is 29.2 Å². The summed E-state index contributed by atoms with van der Waals surface area (Å²) in [6, 6.07) is 3.69. The summed E-state index contributed by atoms with van der Waals surface area (Å²) in [7, 11) is 4.84. The molecule has 0 saturated heterocycles. The summed E-state index contributed by atoms with van der Waals surface area (Å²) >= 11 is 1.67. The molecule has 9 heteroatoms. The molecule has 150 valence electrons. The Hall–Kier alpha value is -1.75. The fourth-order valence-corrected chi connectivity index (χ4v) is 3.09. The van der Waals surface area contributed by atoms with Crippen LogP contribution >= 0.6 is 35.3 Å². The molecule has 0 aliphatic heterocycles. The Balaban J connectivity index is 0.00000364. The van der Waals surface area contributed by atoms with E-state index in [1.807, 2.05) is 32.2 Å². The number of ether oxygens (including phenoxy) is 3. The van der Waals surface area contributed by atoms with Crippen LogP contribution in [0.2, 0.25) is 0 Å². The van der Waals surface area contributed by atoms with Crippen LogP contribution in [0.5, 0.6) is 17.2 Å². The Morgan fingerprint density at radius 3 is 2.30 bits per heavy atom. The standard InChI is InChI=1S/C18H26N4O3S.HI/c1-6-19-18(22-11-17-20-9-12(2)26-17)21-10-13-7-15(24-4)16(25-5)8-14(13)23-3;/h7-9H,6,10-11H2,1-5H3,(H2,19,21,22);1H. The summed E-state index contributed by atoms with van der Waals surface area (Å²) in [5, 5.41) is 7.56. The van der Waals surface area contributed by atoms with Crippen molar-refractivity contribution >= 4 is 41.3 Å². The number of methoxy groups -OCH3 is 3. The molecule has 1 heterocycles. The van der Waals surface area contributed by atoms with Crippen molar-refractivity contribution in [3.8, 4) is 17.2 Å². The smallest absolute Gasteiger partial charge is 0.191 e. The van der Waals surface area contributed by atoms with E-state index >= 15 is 0 Å². The number of aliphatic imine (C=N–C) groups is 1. The van der Waals surface area contributed by atoms with Gasteiger partial charge in [-0.3, -0.25) is 0 Å². The summed E-state index contributed by atoms with van der Waals surface area (Å²) in [6.07, 6.45) is 1.88. The van der Waals surface area contributed by atoms with Crippen molar-refractivity contribution < 1.29 is 14.2 Å². The number of rotatable bonds is 8. The highest BCUT2D eigenvalue weighted by Crippen LogP contribution is 2.34. The molecule has 0 unspecified atom stereocenters. The molecular formula is C18H27IN4O3S. The van der Waals surface area contributed by atoms with Crippen LogP contribution < -0.4 is 24.8 Å². The molecule has 0 radical (unpaired) electrons. The van der Waals surface area contributed by atoms with E-state index in [1.165, 1.54) is 4.88 Å². The van der Waals surface area contributed by atoms with Crippen LogP contribution in [0.1, 0.15) is 22.4 Å². The maximum absolute atomic E-state index is 5.46. The average molecular weight is 506 g/mol. The van der Waals surface area contributed by atoms with Gasteiger partial charge in [-0.2, -0.15) is 0 Å². The highest BCUT2D eigenvalue weighted by Gasteiger charge is 2.12. The number of nitrogens with zero attached hydrogens (tertiary/aromatic N) is 2. The van der Waals surface area contributed by atoms with Crippen molar-refractivity contribution in [2.24, 2.45) is 4.99 Å². The van der Waals surface area contributed by atoms with E-state index in [4.69, 9.17) is 14.2 Å². The summed E-state index contributed by atoms with van der Waals surface area (Å²) in [5.41, 5.74) is 0.910. The maximum Gasteiger partial charge on any atom is 0.191 e. The Morgan fingerprint density at radius 2 is 1.74 bits per heavy atom. The number of nitrogens with one attached hydrogen (secondary N) is 2. The molecule has 1 aromatic heterocycles. The molecule has 0 amide bonds. The molecule has 0 bridgehead atoms. The Labute approximate surface area is 181 Å². The Bertz CT molecular complexity index is 752. The number of benzene rings is 1. The van der Waals surface area contributed by atoms with Crippen molar-refractivity contribution in [1.82, 2.24) is 15.6 Å². The molecule has 2 rings (SSSR count). The van der Waals surface area contributed by atoms with Crippen LogP contribution in [0, 0.1) is 6.92 Å². The Kier molecular flexibility index (Phi) is 10.2. The topological polar surface area (TPSA) is 77.0 Å². The molecule has 2 N–H and O–H groups in total. The van der Waals surface area contributed by atoms with Crippen molar-refractivity contribution in [3.05, 3.63) is 33.8 Å². The van der Waals surface area contributed by atoms with Crippen LogP contribution in [0.15, 0.2) is 23.3 Å². The molecule has 7 nitrogen and oxygen atoms in total. The number of halogens is 1. The van der Waals surface area contributed by atoms with Crippen LogP contribution in [-0.4, -0.2) is 38.8 Å². The van der Waals surface area contributed by atoms with Crippen molar-refractivity contribution in [2.45, 2.75) is 26.9 Å². The maximum atomic E-state index is 5.46. The monoisotopic (exact) mass is 506 g/mol. The SMILES string of the molecule is CCNC(=NCc1cc(OC)c(OC)cc1OC)NCc1ncc(C)s1.I. The van der Waals surface area contributed by atoms with E-state index in [0.717, 1.165) is 23.1 Å². The van der Waals surface area contributed by atoms with Gasteiger partial charge in [-0.15, -0.1) is 35.3 Å². The van der Waals surface area contributed by atoms with Gasteiger partial charge in [0.15, 0.2) is 17.5 Å². The molecule has 1 aromatic carbocycles. The van der Waals surface area contributed by atoms with Crippen molar-refractivity contribution in [1.29, 1.82) is 0 Å². The quantitative estimate of drug-likeness (QED) is 0.325. The van der Waals surface area contributed by atoms with Gasteiger partial charge < -0.3 is 24.8 Å². The van der Waals surface area contributed by atoms with Gasteiger partial charge in [0.1, 0.15) is 10.8 Å². The highest BCUT2D eigenvalue weighted by molar-refractivity contribution is 14.0. The van der Waals surface area contributed by atoms with Gasteiger partial charge in [0.2, 0.25) is 0 Å². The second-order valence-electron chi connectivity index (χ2n) is 5.43. The minimum atomic E-state index is 0. The zero-order valence-corrected chi connectivity index (χ0v) is 19.4. The first kappa shape index (κ1) is 23.3. The van der Waals surface area contributed by atoms with E-state index in [1.54, 1.807) is 32.7 Å². The van der Waals surface area contributed by atoms with Crippen molar-refractivity contribution in [3.63, 3.8) is 0 Å². The van der Waals surface area contributed by atoms with Gasteiger partial charge in [0.25, 0.3) is 0 Å². The third-order valence-corrected chi connectivity index (χ3v) is 4.53. The van der Waals surface area contributed by atoms with E-state index in [0.29, 0.717) is 30.3 Å². The van der Waals surface area contributed by atoms with E-state index in [2.05, 4.69) is 20.6 Å². The number of guanidine groups is 1. The number of hydrogen-bond acceptors (Lipinski definition) is 6. The lowest BCUT2D eigenvalue weighted by atomic mass is 10.1. The van der Waals surface area contributed by atoms with Crippen LogP contribution in [0.4, 0.5) is 0 Å². The minimum absolute atomic E-state index is 0. The lowest BCUT2D eigenvalue weighted by molar-refractivity contribution is 0.347. The second kappa shape index (κ2) is 11.9. The summed E-state index contributed by atoms with van der Waals surface area (Å²) in [6.45, 7) is 5.92. The van der Waals surface area contributed by atoms with E-state index < -0.39 is 0 Å². The molecule has 27 heavy (non-hydrogen) atoms. The molecule has 0 saturated carbocycles. The second-order valence-corrected chi connectivity index (χ2v) is 6.75. The summed E-state index contributed by atoms with van der Waals surface area (Å²) in [5.74, 6) is 2.70. The normalized spacial score (nSPS) is 10.8. The molecule has 0 aliphatic carbocycles. The van der Waals surface area contributed by atoms with E-state index in [-0.39, 0.29) is 24.0 Å². The molecular weight excluding hydrogens is 479 g/mol. The number of aromatic nitrogens is 1. The molecule has 0 aliphatic rings. The highest BCUT2D eigenvalue weighted by atomic mass is 127. The molecule has 0 atom stereocenters. The van der Waals surface area contributed by atoms with Gasteiger partial charge >= 0.3 is 0 Å². The van der Waals surface area contributed by atoms with Gasteiger partial charge in [-0.05, 0) is 19.9 Å². The first-order valence-corrected chi connectivity index (χ1v) is 9.15. The third kappa shape index (κ3) is 6.73. The number of aryl methyl sites for hydroxylation is 1. The minimum Gasteiger partial charge on any atom is -0.496 e. The average Bonchev–Trinajstić information content (AvgIpc) is 3.08. The predicted molar refractivity (Wildman–Crippen MR) is 120 cm³/mol. The van der Waals surface area contributed by atoms with Crippen LogP contribution in [0.3, 0.4) is 0 Å². The molecule has 0 fully saturated rings. The fourth-order valence-electron chi connectivity index (χ4n) is 2.36. The van der Waals surface area contributed by atoms with Gasteiger partial charge in [-0.25, -0.2) is 9.98 Å². The fraction of sp³-hybridized carbons (Fsp3) is 0.444. The summed E-state index contributed by atoms with van der Waals surface area (Å²) in [4.78, 5) is 10.2. The van der Waals surface area contributed by atoms with Crippen LogP contribution in [0.25, 0.3) is 0 Å². The third-order valence-electron chi connectivity index (χ3n) is 3.61. The van der Waals surface area contributed by atoms with Crippen molar-refractivity contribution in [2.75, 3.05) is 27.9 Å². The Morgan fingerprint density at radius 1 is 1.07 bits per heavy atom. The molecule has 2 aromatic rings. The van der Waals surface area contributed by atoms with Gasteiger partial charge in [-0.1, -0.05) is 0 Å². The molecule has 0 spiro atoms. The van der Waals surface area contributed by atoms with E-state index in [9.17, 15) is 0 Å². The van der Waals surface area contributed by atoms with Gasteiger partial charge in [0.05, 0.1) is 34.4 Å². The first-order valence-electron chi connectivity index (χ1n) is 8.33. The number of thiazole rings is 1. The zero-order valence-electron chi connectivity index (χ0n) is 16.3. The summed E-state index contributed by atoms with van der Waals surface area (Å²) < 4.78 is 16.1. The largest absolute Gasteiger partial charge is 0.496 e. The van der Waals surface area contributed by atoms with Crippen LogP contribution in [-0.2, 0) is 13.1 Å². The lowest BCUT2D eigenvalue weighted by Crippen LogP contribution is -2.36. The predicted octanol–water partition coefficient (Wildman–Crippen LogP) is 3.35. The number of hydrogen-bond donors (Lipinski definition) is 2. The zero-order chi connectivity index (χ0) is 18.9.